The van der Waals surface area contributed by atoms with Crippen molar-refractivity contribution in [1.82, 2.24) is 4.31 Å². The standard InChI is InChI=1S/C22H19Cl3N2O4S/c1-31-20-10-8-17(24)12-21(20)32(29,30)27(13-15-5-3-2-4-6-15)14-22(28)26-19-9-7-16(23)11-18(19)25/h2-12H,13-14H2,1H3,(H,26,28). The van der Waals surface area contributed by atoms with Crippen molar-refractivity contribution in [1.29, 1.82) is 0 Å². The van der Waals surface area contributed by atoms with Gasteiger partial charge in [-0.3, -0.25) is 4.79 Å². The predicted octanol–water partition coefficient (Wildman–Crippen LogP) is 5.49. The summed E-state index contributed by atoms with van der Waals surface area (Å²) in [7, 11) is -2.80. The lowest BCUT2D eigenvalue weighted by Gasteiger charge is -2.23. The van der Waals surface area contributed by atoms with Gasteiger partial charge in [0.1, 0.15) is 10.6 Å². The van der Waals surface area contributed by atoms with E-state index in [1.807, 2.05) is 6.07 Å². The van der Waals surface area contributed by atoms with E-state index in [4.69, 9.17) is 39.5 Å². The van der Waals surface area contributed by atoms with E-state index in [-0.39, 0.29) is 27.2 Å². The van der Waals surface area contributed by atoms with Crippen LogP contribution in [0.5, 0.6) is 5.75 Å². The zero-order valence-electron chi connectivity index (χ0n) is 16.9. The molecule has 0 fully saturated rings. The first-order valence-corrected chi connectivity index (χ1v) is 11.9. The topological polar surface area (TPSA) is 75.7 Å². The normalized spacial score (nSPS) is 11.4. The van der Waals surface area contributed by atoms with Gasteiger partial charge in [-0.15, -0.1) is 0 Å². The van der Waals surface area contributed by atoms with Crippen LogP contribution in [0.1, 0.15) is 5.56 Å². The average Bonchev–Trinajstić information content (AvgIpc) is 2.76. The number of amides is 1. The van der Waals surface area contributed by atoms with Gasteiger partial charge in [0.15, 0.2) is 0 Å². The van der Waals surface area contributed by atoms with Gasteiger partial charge in [-0.05, 0) is 42.0 Å². The Kier molecular flexibility index (Phi) is 8.03. The molecule has 168 valence electrons. The van der Waals surface area contributed by atoms with E-state index < -0.39 is 22.5 Å². The number of benzene rings is 3. The number of nitrogens with one attached hydrogen (secondary N) is 1. The Balaban J connectivity index is 1.95. The van der Waals surface area contributed by atoms with Crippen molar-refractivity contribution in [3.63, 3.8) is 0 Å². The van der Waals surface area contributed by atoms with E-state index in [0.29, 0.717) is 16.3 Å². The number of sulfonamides is 1. The van der Waals surface area contributed by atoms with Crippen LogP contribution in [0.4, 0.5) is 5.69 Å². The quantitative estimate of drug-likeness (QED) is 0.432. The monoisotopic (exact) mass is 512 g/mol. The van der Waals surface area contributed by atoms with Gasteiger partial charge in [0.2, 0.25) is 15.9 Å². The molecule has 10 heteroatoms. The number of ether oxygens (including phenoxy) is 1. The molecular formula is C22H19Cl3N2O4S. The van der Waals surface area contributed by atoms with E-state index >= 15 is 0 Å². The fourth-order valence-electron chi connectivity index (χ4n) is 2.94. The molecule has 3 aromatic carbocycles. The van der Waals surface area contributed by atoms with Crippen LogP contribution < -0.4 is 10.1 Å². The van der Waals surface area contributed by atoms with Crippen molar-refractivity contribution >= 4 is 56.4 Å². The van der Waals surface area contributed by atoms with E-state index in [2.05, 4.69) is 5.32 Å². The maximum Gasteiger partial charge on any atom is 0.247 e. The Morgan fingerprint density at radius 2 is 1.62 bits per heavy atom. The first kappa shape index (κ1) is 24.4. The van der Waals surface area contributed by atoms with E-state index in [1.165, 1.54) is 31.4 Å². The molecule has 0 saturated heterocycles. The molecule has 3 aromatic rings. The smallest absolute Gasteiger partial charge is 0.247 e. The summed E-state index contributed by atoms with van der Waals surface area (Å²) in [4.78, 5) is 12.6. The zero-order chi connectivity index (χ0) is 23.3. The molecule has 0 bridgehead atoms. The molecule has 0 aliphatic heterocycles. The molecule has 32 heavy (non-hydrogen) atoms. The fourth-order valence-corrected chi connectivity index (χ4v) is 5.20. The van der Waals surface area contributed by atoms with Crippen molar-refractivity contribution in [2.24, 2.45) is 0 Å². The second kappa shape index (κ2) is 10.6. The number of hydrogen-bond acceptors (Lipinski definition) is 4. The number of hydrogen-bond donors (Lipinski definition) is 1. The van der Waals surface area contributed by atoms with Crippen molar-refractivity contribution in [2.75, 3.05) is 19.0 Å². The molecule has 6 nitrogen and oxygen atoms in total. The molecule has 0 unspecified atom stereocenters. The summed E-state index contributed by atoms with van der Waals surface area (Å²) in [6.45, 7) is -0.507. The second-order valence-corrected chi connectivity index (χ2v) is 9.91. The molecule has 0 aliphatic carbocycles. The van der Waals surface area contributed by atoms with Gasteiger partial charge in [0, 0.05) is 16.6 Å². The van der Waals surface area contributed by atoms with Crippen LogP contribution in [0.15, 0.2) is 71.6 Å². The Labute approximate surface area is 201 Å². The maximum absolute atomic E-state index is 13.5. The summed E-state index contributed by atoms with van der Waals surface area (Å²) in [5, 5.41) is 3.50. The highest BCUT2D eigenvalue weighted by Gasteiger charge is 2.30. The van der Waals surface area contributed by atoms with Crippen LogP contribution in [0, 0.1) is 0 Å². The SMILES string of the molecule is COc1ccc(Cl)cc1S(=O)(=O)N(CC(=O)Nc1ccc(Cl)cc1Cl)Cc1ccccc1. The molecule has 0 aromatic heterocycles. The van der Waals surface area contributed by atoms with Gasteiger partial charge in [0.05, 0.1) is 24.4 Å². The Morgan fingerprint density at radius 1 is 0.969 bits per heavy atom. The van der Waals surface area contributed by atoms with E-state index in [0.717, 1.165) is 4.31 Å². The van der Waals surface area contributed by atoms with Crippen LogP contribution in [0.2, 0.25) is 15.1 Å². The lowest BCUT2D eigenvalue weighted by molar-refractivity contribution is -0.116. The molecule has 1 amide bonds. The van der Waals surface area contributed by atoms with E-state index in [9.17, 15) is 13.2 Å². The zero-order valence-corrected chi connectivity index (χ0v) is 20.0. The maximum atomic E-state index is 13.5. The van der Waals surface area contributed by atoms with E-state index in [1.54, 1.807) is 36.4 Å². The highest BCUT2D eigenvalue weighted by Crippen LogP contribution is 2.31. The molecule has 0 saturated carbocycles. The highest BCUT2D eigenvalue weighted by molar-refractivity contribution is 7.89. The van der Waals surface area contributed by atoms with Crippen molar-refractivity contribution in [2.45, 2.75) is 11.4 Å². The summed E-state index contributed by atoms with van der Waals surface area (Å²) < 4.78 is 33.3. The molecule has 0 atom stereocenters. The second-order valence-electron chi connectivity index (χ2n) is 6.73. The largest absolute Gasteiger partial charge is 0.495 e. The van der Waals surface area contributed by atoms with Crippen LogP contribution in [0.3, 0.4) is 0 Å². The first-order valence-electron chi connectivity index (χ1n) is 9.33. The van der Waals surface area contributed by atoms with Crippen molar-refractivity contribution < 1.29 is 17.9 Å². The number of carbonyl (C=O) groups is 1. The van der Waals surface area contributed by atoms with Gasteiger partial charge < -0.3 is 10.1 Å². The minimum atomic E-state index is -4.16. The molecule has 3 rings (SSSR count). The Bertz CT molecular complexity index is 1220. The van der Waals surface area contributed by atoms with Crippen LogP contribution >= 0.6 is 34.8 Å². The third-order valence-corrected chi connectivity index (χ3v) is 7.07. The third-order valence-electron chi connectivity index (χ3n) is 4.47. The number of halogens is 3. The lowest BCUT2D eigenvalue weighted by atomic mass is 10.2. The molecule has 1 N–H and O–H groups in total. The lowest BCUT2D eigenvalue weighted by Crippen LogP contribution is -2.37. The van der Waals surface area contributed by atoms with Gasteiger partial charge in [-0.1, -0.05) is 65.1 Å². The number of methoxy groups -OCH3 is 1. The molecular weight excluding hydrogens is 495 g/mol. The van der Waals surface area contributed by atoms with Gasteiger partial charge >= 0.3 is 0 Å². The first-order chi connectivity index (χ1) is 15.2. The van der Waals surface area contributed by atoms with Crippen LogP contribution in [-0.2, 0) is 21.4 Å². The summed E-state index contributed by atoms with van der Waals surface area (Å²) in [5.74, 6) is -0.455. The third kappa shape index (κ3) is 5.94. The molecule has 0 aliphatic rings. The Morgan fingerprint density at radius 3 is 2.28 bits per heavy atom. The van der Waals surface area contributed by atoms with Crippen molar-refractivity contribution in [3.05, 3.63) is 87.4 Å². The molecule has 0 radical (unpaired) electrons. The molecule has 0 spiro atoms. The minimum absolute atomic E-state index is 0.0411. The Hall–Kier alpha value is -2.29. The fraction of sp³-hybridized carbons (Fsp3) is 0.136. The minimum Gasteiger partial charge on any atom is -0.495 e. The predicted molar refractivity (Wildman–Crippen MR) is 127 cm³/mol. The summed E-state index contributed by atoms with van der Waals surface area (Å²) in [5.41, 5.74) is 1.02. The van der Waals surface area contributed by atoms with Crippen LogP contribution in [0.25, 0.3) is 0 Å². The summed E-state index contributed by atoms with van der Waals surface area (Å²) in [6.07, 6.45) is 0. The number of nitrogens with zero attached hydrogens (tertiary/aromatic N) is 1. The summed E-state index contributed by atoms with van der Waals surface area (Å²) >= 11 is 18.1. The van der Waals surface area contributed by atoms with Gasteiger partial charge in [0.25, 0.3) is 0 Å². The highest BCUT2D eigenvalue weighted by atomic mass is 35.5. The van der Waals surface area contributed by atoms with Crippen molar-refractivity contribution in [3.8, 4) is 5.75 Å². The van der Waals surface area contributed by atoms with Gasteiger partial charge in [-0.2, -0.15) is 4.31 Å². The average molecular weight is 514 g/mol. The van der Waals surface area contributed by atoms with Crippen LogP contribution in [-0.4, -0.2) is 32.3 Å². The van der Waals surface area contributed by atoms with Gasteiger partial charge in [-0.25, -0.2) is 8.42 Å². The summed E-state index contributed by atoms with van der Waals surface area (Å²) in [6, 6.07) is 17.8. The molecule has 0 heterocycles. The number of rotatable bonds is 8. The number of carbonyl (C=O) groups excluding carboxylic acids is 1. The number of anilines is 1.